The topological polar surface area (TPSA) is 72.3 Å². The molecular formula is C18H23ClFN5O2. The zero-order valence-electron chi connectivity index (χ0n) is 14.9. The van der Waals surface area contributed by atoms with Gasteiger partial charge in [-0.3, -0.25) is 4.79 Å². The molecule has 0 radical (unpaired) electrons. The Labute approximate surface area is 163 Å². The van der Waals surface area contributed by atoms with Crippen molar-refractivity contribution in [2.75, 3.05) is 32.8 Å². The van der Waals surface area contributed by atoms with E-state index >= 15 is 0 Å². The molecule has 146 valence electrons. The lowest BCUT2D eigenvalue weighted by molar-refractivity contribution is -0.0231. The molecule has 1 atom stereocenters. The highest BCUT2D eigenvalue weighted by molar-refractivity contribution is 5.92. The molecule has 2 aliphatic rings. The van der Waals surface area contributed by atoms with Crippen LogP contribution in [0.15, 0.2) is 30.5 Å². The van der Waals surface area contributed by atoms with E-state index in [1.165, 1.54) is 12.1 Å². The molecule has 1 aromatic carbocycles. The number of carbonyl (C=O) groups excluding carboxylic acids is 1. The van der Waals surface area contributed by atoms with Crippen LogP contribution in [0.2, 0.25) is 0 Å². The van der Waals surface area contributed by atoms with Gasteiger partial charge in [0.1, 0.15) is 11.9 Å². The van der Waals surface area contributed by atoms with Crippen LogP contribution in [-0.2, 0) is 4.74 Å². The third kappa shape index (κ3) is 4.45. The molecule has 3 heterocycles. The van der Waals surface area contributed by atoms with Gasteiger partial charge in [0, 0.05) is 6.54 Å². The molecule has 0 aliphatic carbocycles. The number of hydrogen-bond donors (Lipinski definition) is 1. The van der Waals surface area contributed by atoms with Crippen molar-refractivity contribution in [2.45, 2.75) is 25.0 Å². The normalized spacial score (nSPS) is 20.9. The first-order valence-electron chi connectivity index (χ1n) is 8.99. The summed E-state index contributed by atoms with van der Waals surface area (Å²) >= 11 is 0. The second kappa shape index (κ2) is 8.77. The maximum absolute atomic E-state index is 13.5. The number of benzene rings is 1. The van der Waals surface area contributed by atoms with Crippen molar-refractivity contribution >= 4 is 18.3 Å². The minimum atomic E-state index is -0.331. The van der Waals surface area contributed by atoms with Crippen molar-refractivity contribution in [3.8, 4) is 0 Å². The average molecular weight is 396 g/mol. The Kier molecular flexibility index (Phi) is 6.41. The van der Waals surface area contributed by atoms with Crippen molar-refractivity contribution in [2.24, 2.45) is 0 Å². The minimum Gasteiger partial charge on any atom is -0.370 e. The van der Waals surface area contributed by atoms with Crippen LogP contribution in [0.5, 0.6) is 0 Å². The molecule has 2 aliphatic heterocycles. The fourth-order valence-corrected chi connectivity index (χ4v) is 3.53. The molecule has 7 nitrogen and oxygen atoms in total. The second-order valence-electron chi connectivity index (χ2n) is 6.73. The largest absolute Gasteiger partial charge is 0.370 e. The van der Waals surface area contributed by atoms with Gasteiger partial charge in [-0.25, -0.2) is 9.07 Å². The molecule has 1 N–H and O–H groups in total. The Hall–Kier alpha value is -2.03. The number of nitrogens with zero attached hydrogens (tertiary/aromatic N) is 4. The van der Waals surface area contributed by atoms with Crippen molar-refractivity contribution < 1.29 is 13.9 Å². The lowest BCUT2D eigenvalue weighted by atomic mass is 10.1. The zero-order valence-corrected chi connectivity index (χ0v) is 15.7. The summed E-state index contributed by atoms with van der Waals surface area (Å²) in [6, 6.07) is 6.60. The van der Waals surface area contributed by atoms with Crippen LogP contribution in [0.3, 0.4) is 0 Å². The van der Waals surface area contributed by atoms with Gasteiger partial charge in [-0.1, -0.05) is 17.3 Å². The van der Waals surface area contributed by atoms with Gasteiger partial charge in [0.25, 0.3) is 5.91 Å². The summed E-state index contributed by atoms with van der Waals surface area (Å²) in [5.74, 6) is -0.464. The SMILES string of the molecule is Cl.O=C(c1cn(C2CCNCC2)nn1)N1CCOC(c2cccc(F)c2)C1. The van der Waals surface area contributed by atoms with Crippen molar-refractivity contribution in [3.63, 3.8) is 0 Å². The smallest absolute Gasteiger partial charge is 0.276 e. The summed E-state index contributed by atoms with van der Waals surface area (Å²) in [6.45, 7) is 3.18. The number of morpholine rings is 1. The summed E-state index contributed by atoms with van der Waals surface area (Å²) in [7, 11) is 0. The van der Waals surface area contributed by atoms with Crippen LogP contribution < -0.4 is 5.32 Å². The van der Waals surface area contributed by atoms with Gasteiger partial charge in [0.2, 0.25) is 0 Å². The third-order valence-corrected chi connectivity index (χ3v) is 4.99. The van der Waals surface area contributed by atoms with Crippen LogP contribution in [0, 0.1) is 5.82 Å². The van der Waals surface area contributed by atoms with E-state index in [1.807, 2.05) is 6.07 Å². The number of hydrogen-bond acceptors (Lipinski definition) is 5. The molecule has 4 rings (SSSR count). The second-order valence-corrected chi connectivity index (χ2v) is 6.73. The van der Waals surface area contributed by atoms with Crippen molar-refractivity contribution in [1.82, 2.24) is 25.2 Å². The van der Waals surface area contributed by atoms with Gasteiger partial charge in [-0.2, -0.15) is 0 Å². The maximum Gasteiger partial charge on any atom is 0.276 e. The Balaban J connectivity index is 0.00000210. The lowest BCUT2D eigenvalue weighted by Gasteiger charge is -2.32. The first-order valence-corrected chi connectivity index (χ1v) is 8.99. The van der Waals surface area contributed by atoms with E-state index in [-0.39, 0.29) is 36.3 Å². The van der Waals surface area contributed by atoms with E-state index in [4.69, 9.17) is 4.74 Å². The Morgan fingerprint density at radius 1 is 1.30 bits per heavy atom. The number of halogens is 2. The van der Waals surface area contributed by atoms with E-state index in [0.29, 0.717) is 25.4 Å². The van der Waals surface area contributed by atoms with Crippen molar-refractivity contribution in [3.05, 3.63) is 47.5 Å². The highest BCUT2D eigenvalue weighted by Crippen LogP contribution is 2.24. The fourth-order valence-electron chi connectivity index (χ4n) is 3.53. The third-order valence-electron chi connectivity index (χ3n) is 4.99. The number of nitrogens with one attached hydrogen (secondary N) is 1. The number of ether oxygens (including phenoxy) is 1. The predicted molar refractivity (Wildman–Crippen MR) is 99.4 cm³/mol. The van der Waals surface area contributed by atoms with Crippen LogP contribution in [0.4, 0.5) is 4.39 Å². The van der Waals surface area contributed by atoms with E-state index in [2.05, 4.69) is 15.6 Å². The quantitative estimate of drug-likeness (QED) is 0.860. The van der Waals surface area contributed by atoms with Crippen LogP contribution in [-0.4, -0.2) is 58.6 Å². The Morgan fingerprint density at radius 3 is 2.89 bits per heavy atom. The zero-order chi connectivity index (χ0) is 17.9. The molecular weight excluding hydrogens is 373 g/mol. The first kappa shape index (κ1) is 19.7. The number of amides is 1. The average Bonchev–Trinajstić information content (AvgIpc) is 3.18. The van der Waals surface area contributed by atoms with Crippen LogP contribution in [0.25, 0.3) is 0 Å². The summed E-state index contributed by atoms with van der Waals surface area (Å²) in [6.07, 6.45) is 3.38. The molecule has 9 heteroatoms. The summed E-state index contributed by atoms with van der Waals surface area (Å²) < 4.78 is 21.0. The Morgan fingerprint density at radius 2 is 2.11 bits per heavy atom. The van der Waals surface area contributed by atoms with Gasteiger partial charge in [0.15, 0.2) is 5.69 Å². The lowest BCUT2D eigenvalue weighted by Crippen LogP contribution is -2.42. The van der Waals surface area contributed by atoms with Crippen LogP contribution in [0.1, 0.15) is 41.0 Å². The van der Waals surface area contributed by atoms with E-state index in [0.717, 1.165) is 31.5 Å². The van der Waals surface area contributed by atoms with E-state index in [1.54, 1.807) is 21.8 Å². The molecule has 27 heavy (non-hydrogen) atoms. The van der Waals surface area contributed by atoms with Crippen molar-refractivity contribution in [1.29, 1.82) is 0 Å². The number of aromatic nitrogens is 3. The van der Waals surface area contributed by atoms with Gasteiger partial charge < -0.3 is 15.0 Å². The highest BCUT2D eigenvalue weighted by Gasteiger charge is 2.28. The van der Waals surface area contributed by atoms with Crippen LogP contribution >= 0.6 is 12.4 Å². The summed E-state index contributed by atoms with van der Waals surface area (Å²) in [4.78, 5) is 14.5. The van der Waals surface area contributed by atoms with Gasteiger partial charge in [-0.05, 0) is 43.6 Å². The molecule has 1 aromatic heterocycles. The van der Waals surface area contributed by atoms with Gasteiger partial charge >= 0.3 is 0 Å². The predicted octanol–water partition coefficient (Wildman–Crippen LogP) is 1.98. The number of rotatable bonds is 3. The minimum absolute atomic E-state index is 0. The molecule has 0 saturated carbocycles. The Bertz CT molecular complexity index is 781. The number of piperidine rings is 1. The molecule has 1 unspecified atom stereocenters. The first-order chi connectivity index (χ1) is 12.7. The summed E-state index contributed by atoms with van der Waals surface area (Å²) in [5, 5.41) is 11.5. The molecule has 2 saturated heterocycles. The van der Waals surface area contributed by atoms with E-state index in [9.17, 15) is 9.18 Å². The molecule has 2 aromatic rings. The van der Waals surface area contributed by atoms with E-state index < -0.39 is 0 Å². The monoisotopic (exact) mass is 395 g/mol. The standard InChI is InChI=1S/C18H22FN5O2.ClH/c19-14-3-1-2-13(10-14)17-12-23(8-9-26-17)18(25)16-11-24(22-21-16)15-4-6-20-7-5-15;/h1-3,10-11,15,17,20H,4-9,12H2;1H. The highest BCUT2D eigenvalue weighted by atomic mass is 35.5. The maximum atomic E-state index is 13.5. The van der Waals surface area contributed by atoms with Gasteiger partial charge in [-0.15, -0.1) is 17.5 Å². The molecule has 0 spiro atoms. The molecule has 2 fully saturated rings. The number of carbonyl (C=O) groups is 1. The summed E-state index contributed by atoms with van der Waals surface area (Å²) in [5.41, 5.74) is 1.09. The molecule has 1 amide bonds. The van der Waals surface area contributed by atoms with Gasteiger partial charge in [0.05, 0.1) is 25.4 Å². The molecule has 0 bridgehead atoms. The fraction of sp³-hybridized carbons (Fsp3) is 0.500.